The first-order chi connectivity index (χ1) is 7.61. The highest BCUT2D eigenvalue weighted by Gasteiger charge is 2.61. The molecular formula is C14H18N2. The van der Waals surface area contributed by atoms with Crippen LogP contribution in [0.15, 0.2) is 30.5 Å². The third kappa shape index (κ3) is 1.05. The lowest BCUT2D eigenvalue weighted by Crippen LogP contribution is -2.25. The summed E-state index contributed by atoms with van der Waals surface area (Å²) in [6, 6.07) is 8.63. The van der Waals surface area contributed by atoms with E-state index in [1.54, 1.807) is 0 Å². The molecular weight excluding hydrogens is 196 g/mol. The minimum atomic E-state index is 0.178. The second-order valence-electron chi connectivity index (χ2n) is 5.59. The maximum Gasteiger partial charge on any atom is 0.0492 e. The summed E-state index contributed by atoms with van der Waals surface area (Å²) in [7, 11) is 0. The highest BCUT2D eigenvalue weighted by Crippen LogP contribution is 2.64. The van der Waals surface area contributed by atoms with E-state index in [1.165, 1.54) is 22.9 Å². The number of benzene rings is 1. The number of rotatable bonds is 2. The van der Waals surface area contributed by atoms with Crippen LogP contribution in [0.5, 0.6) is 0 Å². The van der Waals surface area contributed by atoms with Gasteiger partial charge >= 0.3 is 0 Å². The Balaban J connectivity index is 2.23. The molecule has 16 heavy (non-hydrogen) atoms. The molecule has 1 aromatic heterocycles. The van der Waals surface area contributed by atoms with Crippen LogP contribution < -0.4 is 5.73 Å². The predicted molar refractivity (Wildman–Crippen MR) is 67.4 cm³/mol. The van der Waals surface area contributed by atoms with Crippen molar-refractivity contribution >= 4 is 10.9 Å². The van der Waals surface area contributed by atoms with Gasteiger partial charge in [-0.15, -0.1) is 0 Å². The molecule has 0 spiro atoms. The topological polar surface area (TPSA) is 41.8 Å². The molecule has 2 nitrogen and oxygen atoms in total. The van der Waals surface area contributed by atoms with E-state index in [0.29, 0.717) is 5.41 Å². The first-order valence-electron chi connectivity index (χ1n) is 5.87. The molecule has 2 heteroatoms. The highest BCUT2D eigenvalue weighted by atomic mass is 14.8. The number of H-pyrrole nitrogens is 1. The largest absolute Gasteiger partial charge is 0.361 e. The van der Waals surface area contributed by atoms with Crippen molar-refractivity contribution in [3.05, 3.63) is 36.0 Å². The fourth-order valence-corrected chi connectivity index (χ4v) is 3.11. The van der Waals surface area contributed by atoms with E-state index in [2.05, 4.69) is 43.1 Å². The standard InChI is InChI=1S/C14H18N2/c1-13(2)8-14(13,9-15)11-5-3-4-10-6-7-16-12(10)11/h3-7,16H,8-9,15H2,1-2H3. The Hall–Kier alpha value is -1.28. The molecule has 1 unspecified atom stereocenters. The van der Waals surface area contributed by atoms with E-state index in [9.17, 15) is 0 Å². The summed E-state index contributed by atoms with van der Waals surface area (Å²) in [5.74, 6) is 0. The summed E-state index contributed by atoms with van der Waals surface area (Å²) in [6.45, 7) is 5.35. The summed E-state index contributed by atoms with van der Waals surface area (Å²) in [5.41, 5.74) is 9.19. The smallest absolute Gasteiger partial charge is 0.0492 e. The van der Waals surface area contributed by atoms with Crippen LogP contribution in [-0.2, 0) is 5.41 Å². The van der Waals surface area contributed by atoms with Gasteiger partial charge < -0.3 is 10.7 Å². The van der Waals surface area contributed by atoms with Crippen LogP contribution in [0.3, 0.4) is 0 Å². The summed E-state index contributed by atoms with van der Waals surface area (Å²) in [5, 5.41) is 1.29. The maximum atomic E-state index is 6.02. The Morgan fingerprint density at radius 2 is 2.06 bits per heavy atom. The molecule has 0 radical (unpaired) electrons. The van der Waals surface area contributed by atoms with Gasteiger partial charge in [-0.25, -0.2) is 0 Å². The molecule has 1 heterocycles. The van der Waals surface area contributed by atoms with Crippen molar-refractivity contribution in [2.24, 2.45) is 11.1 Å². The number of aromatic nitrogens is 1. The van der Waals surface area contributed by atoms with Crippen molar-refractivity contribution in [2.75, 3.05) is 6.54 Å². The average molecular weight is 214 g/mol. The first kappa shape index (κ1) is 9.91. The van der Waals surface area contributed by atoms with Gasteiger partial charge in [-0.05, 0) is 28.9 Å². The summed E-state index contributed by atoms with van der Waals surface area (Å²) < 4.78 is 0. The molecule has 2 aromatic rings. The predicted octanol–water partition coefficient (Wildman–Crippen LogP) is 2.79. The number of nitrogens with one attached hydrogen (secondary N) is 1. The molecule has 1 saturated carbocycles. The number of fused-ring (bicyclic) bond motifs is 1. The van der Waals surface area contributed by atoms with Crippen LogP contribution in [0.2, 0.25) is 0 Å². The van der Waals surface area contributed by atoms with Gasteiger partial charge in [0.2, 0.25) is 0 Å². The molecule has 1 atom stereocenters. The molecule has 0 aliphatic heterocycles. The van der Waals surface area contributed by atoms with Gasteiger partial charge in [-0.2, -0.15) is 0 Å². The molecule has 3 rings (SSSR count). The van der Waals surface area contributed by atoms with Gasteiger partial charge in [0.05, 0.1) is 0 Å². The number of hydrogen-bond donors (Lipinski definition) is 2. The molecule has 1 aliphatic carbocycles. The Morgan fingerprint density at radius 3 is 2.69 bits per heavy atom. The molecule has 3 N–H and O–H groups in total. The number of para-hydroxylation sites is 1. The molecule has 1 fully saturated rings. The summed E-state index contributed by atoms with van der Waals surface area (Å²) in [4.78, 5) is 3.35. The quantitative estimate of drug-likeness (QED) is 0.793. The summed E-state index contributed by atoms with van der Waals surface area (Å²) in [6.07, 6.45) is 3.20. The van der Waals surface area contributed by atoms with Crippen LogP contribution >= 0.6 is 0 Å². The van der Waals surface area contributed by atoms with Gasteiger partial charge in [-0.3, -0.25) is 0 Å². The SMILES string of the molecule is CC1(C)CC1(CN)c1cccc2cc[nH]c12. The lowest BCUT2D eigenvalue weighted by Gasteiger charge is -2.19. The fourth-order valence-electron chi connectivity index (χ4n) is 3.11. The minimum absolute atomic E-state index is 0.178. The van der Waals surface area contributed by atoms with E-state index in [1.807, 2.05) is 6.20 Å². The van der Waals surface area contributed by atoms with Crippen LogP contribution in [0, 0.1) is 5.41 Å². The Labute approximate surface area is 95.8 Å². The Kier molecular flexibility index (Phi) is 1.79. The fraction of sp³-hybridized carbons (Fsp3) is 0.429. The number of nitrogens with two attached hydrogens (primary N) is 1. The van der Waals surface area contributed by atoms with Crippen molar-refractivity contribution in [1.82, 2.24) is 4.98 Å². The van der Waals surface area contributed by atoms with Crippen molar-refractivity contribution in [3.8, 4) is 0 Å². The van der Waals surface area contributed by atoms with Crippen molar-refractivity contribution in [1.29, 1.82) is 0 Å². The second kappa shape index (κ2) is 2.89. The third-order valence-electron chi connectivity index (χ3n) is 4.37. The van der Waals surface area contributed by atoms with Crippen LogP contribution in [0.4, 0.5) is 0 Å². The first-order valence-corrected chi connectivity index (χ1v) is 5.87. The molecule has 1 aromatic carbocycles. The maximum absolute atomic E-state index is 6.02. The van der Waals surface area contributed by atoms with Crippen LogP contribution in [-0.4, -0.2) is 11.5 Å². The van der Waals surface area contributed by atoms with E-state index >= 15 is 0 Å². The van der Waals surface area contributed by atoms with Gasteiger partial charge in [-0.1, -0.05) is 32.0 Å². The lowest BCUT2D eigenvalue weighted by molar-refractivity contribution is 0.505. The zero-order valence-electron chi connectivity index (χ0n) is 9.88. The number of hydrogen-bond acceptors (Lipinski definition) is 1. The van der Waals surface area contributed by atoms with Gasteiger partial charge in [0.1, 0.15) is 0 Å². The lowest BCUT2D eigenvalue weighted by atomic mass is 9.87. The Morgan fingerprint density at radius 1 is 1.31 bits per heavy atom. The Bertz CT molecular complexity index is 538. The van der Waals surface area contributed by atoms with Gasteiger partial charge in [0.15, 0.2) is 0 Å². The minimum Gasteiger partial charge on any atom is -0.361 e. The number of aromatic amines is 1. The molecule has 0 amide bonds. The monoisotopic (exact) mass is 214 g/mol. The highest BCUT2D eigenvalue weighted by molar-refractivity contribution is 5.84. The normalized spacial score (nSPS) is 27.2. The van der Waals surface area contributed by atoms with E-state index in [-0.39, 0.29) is 5.41 Å². The zero-order valence-corrected chi connectivity index (χ0v) is 9.88. The molecule has 0 saturated heterocycles. The third-order valence-corrected chi connectivity index (χ3v) is 4.37. The molecule has 0 bridgehead atoms. The zero-order chi connectivity index (χ0) is 11.4. The second-order valence-corrected chi connectivity index (χ2v) is 5.59. The van der Waals surface area contributed by atoms with Crippen molar-refractivity contribution in [2.45, 2.75) is 25.7 Å². The van der Waals surface area contributed by atoms with Gasteiger partial charge in [0, 0.05) is 23.7 Å². The van der Waals surface area contributed by atoms with Crippen LogP contribution in [0.25, 0.3) is 10.9 Å². The van der Waals surface area contributed by atoms with E-state index < -0.39 is 0 Å². The summed E-state index contributed by atoms with van der Waals surface area (Å²) >= 11 is 0. The average Bonchev–Trinajstić information content (AvgIpc) is 2.65. The van der Waals surface area contributed by atoms with Crippen molar-refractivity contribution in [3.63, 3.8) is 0 Å². The van der Waals surface area contributed by atoms with Crippen LogP contribution in [0.1, 0.15) is 25.8 Å². The van der Waals surface area contributed by atoms with Crippen molar-refractivity contribution < 1.29 is 0 Å². The van der Waals surface area contributed by atoms with Gasteiger partial charge in [0.25, 0.3) is 0 Å². The van der Waals surface area contributed by atoms with E-state index in [0.717, 1.165) is 6.54 Å². The van der Waals surface area contributed by atoms with E-state index in [4.69, 9.17) is 5.73 Å². The molecule has 1 aliphatic rings. The molecule has 84 valence electrons.